The zero-order valence-corrected chi connectivity index (χ0v) is 25.3. The Morgan fingerprint density at radius 2 is 2.05 bits per heavy atom. The highest BCUT2D eigenvalue weighted by atomic mass is 127. The standard InChI is InChI=1S/C30H39IN4O4/c1-4-6-8-21(9-7-5-2)25-14-22(10-11-26(25)35-28(36)27-33-18-24(17-32)34-27)23-15-29(19-37-3)12-13-30(16-23,39-29)20-38-31/h8,10-11,14,18,23H,4-7,9,12-13,15-16,19-20H2,1-3H3,(H,33,34)(H,35,36)/b21-8+/t23-,29-,30+/m1/s1. The molecule has 1 aromatic carbocycles. The van der Waals surface area contributed by atoms with Gasteiger partial charge in [-0.25, -0.2) is 4.98 Å². The van der Waals surface area contributed by atoms with Crippen LogP contribution in [0.1, 0.15) is 105 Å². The summed E-state index contributed by atoms with van der Waals surface area (Å²) in [4.78, 5) is 19.9. The van der Waals surface area contributed by atoms with E-state index in [1.54, 1.807) is 7.11 Å². The molecule has 0 unspecified atom stereocenters. The lowest BCUT2D eigenvalue weighted by Crippen LogP contribution is -2.47. The lowest BCUT2D eigenvalue weighted by molar-refractivity contribution is -0.174. The van der Waals surface area contributed by atoms with Crippen molar-refractivity contribution in [1.29, 1.82) is 5.26 Å². The number of nitrogens with zero attached hydrogens (tertiary/aromatic N) is 2. The fourth-order valence-corrected chi connectivity index (χ4v) is 6.66. The minimum atomic E-state index is -0.364. The zero-order valence-electron chi connectivity index (χ0n) is 23.1. The van der Waals surface area contributed by atoms with Crippen LogP contribution in [0, 0.1) is 11.3 Å². The van der Waals surface area contributed by atoms with Crippen molar-refractivity contribution in [2.75, 3.05) is 25.6 Å². The van der Waals surface area contributed by atoms with Crippen molar-refractivity contribution in [2.24, 2.45) is 0 Å². The number of nitriles is 1. The number of rotatable bonds is 13. The maximum Gasteiger partial charge on any atom is 0.291 e. The van der Waals surface area contributed by atoms with Gasteiger partial charge in [0.2, 0.25) is 0 Å². The van der Waals surface area contributed by atoms with Crippen LogP contribution in [0.2, 0.25) is 0 Å². The van der Waals surface area contributed by atoms with Gasteiger partial charge in [0.25, 0.3) is 5.91 Å². The molecule has 39 heavy (non-hydrogen) atoms. The monoisotopic (exact) mass is 646 g/mol. The molecule has 0 spiro atoms. The quantitative estimate of drug-likeness (QED) is 0.225. The number of carbonyl (C=O) groups is 1. The molecular formula is C30H39IN4O4. The fourth-order valence-electron chi connectivity index (χ4n) is 6.09. The molecule has 9 heteroatoms. The maximum absolute atomic E-state index is 13.1. The fraction of sp³-hybridized carbons (Fsp3) is 0.567. The molecule has 2 aliphatic rings. The van der Waals surface area contributed by atoms with Crippen LogP contribution in [-0.2, 0) is 12.5 Å². The molecule has 2 fully saturated rings. The third-order valence-corrected chi connectivity index (χ3v) is 8.24. The van der Waals surface area contributed by atoms with E-state index in [9.17, 15) is 4.79 Å². The van der Waals surface area contributed by atoms with Gasteiger partial charge in [0.15, 0.2) is 5.82 Å². The minimum Gasteiger partial charge on any atom is -0.382 e. The number of aromatic amines is 1. The molecule has 2 saturated heterocycles. The number of halogens is 1. The zero-order chi connectivity index (χ0) is 27.9. The van der Waals surface area contributed by atoms with E-state index in [4.69, 9.17) is 17.8 Å². The summed E-state index contributed by atoms with van der Waals surface area (Å²) in [5.41, 5.74) is 3.94. The van der Waals surface area contributed by atoms with Crippen LogP contribution >= 0.6 is 23.0 Å². The van der Waals surface area contributed by atoms with Crippen LogP contribution in [0.15, 0.2) is 30.5 Å². The van der Waals surface area contributed by atoms with Gasteiger partial charge in [0.1, 0.15) is 34.8 Å². The first-order chi connectivity index (χ1) is 18.9. The average Bonchev–Trinajstić information content (AvgIpc) is 3.52. The Morgan fingerprint density at radius 1 is 1.28 bits per heavy atom. The highest BCUT2D eigenvalue weighted by molar-refractivity contribution is 14.1. The number of nitrogens with one attached hydrogen (secondary N) is 2. The lowest BCUT2D eigenvalue weighted by Gasteiger charge is -2.43. The van der Waals surface area contributed by atoms with E-state index in [1.165, 1.54) is 17.3 Å². The third-order valence-electron chi connectivity index (χ3n) is 7.93. The first-order valence-electron chi connectivity index (χ1n) is 13.9. The Hall–Kier alpha value is -2.26. The predicted octanol–water partition coefficient (Wildman–Crippen LogP) is 7.09. The van der Waals surface area contributed by atoms with Crippen LogP contribution in [0.4, 0.5) is 5.69 Å². The van der Waals surface area contributed by atoms with Gasteiger partial charge in [-0.1, -0.05) is 38.8 Å². The van der Waals surface area contributed by atoms with Crippen molar-refractivity contribution in [3.63, 3.8) is 0 Å². The van der Waals surface area contributed by atoms with Gasteiger partial charge < -0.3 is 22.8 Å². The van der Waals surface area contributed by atoms with E-state index in [1.807, 2.05) is 35.1 Å². The molecule has 0 radical (unpaired) electrons. The summed E-state index contributed by atoms with van der Waals surface area (Å²) in [6, 6.07) is 8.41. The highest BCUT2D eigenvalue weighted by Gasteiger charge is 2.55. The number of aromatic nitrogens is 2. The molecular weight excluding hydrogens is 607 g/mol. The van der Waals surface area contributed by atoms with Crippen molar-refractivity contribution >= 4 is 40.2 Å². The van der Waals surface area contributed by atoms with Crippen LogP contribution in [0.3, 0.4) is 0 Å². The van der Waals surface area contributed by atoms with Gasteiger partial charge >= 0.3 is 0 Å². The van der Waals surface area contributed by atoms with Crippen molar-refractivity contribution in [3.05, 3.63) is 53.1 Å². The van der Waals surface area contributed by atoms with Crippen molar-refractivity contribution in [1.82, 2.24) is 9.97 Å². The first-order valence-corrected chi connectivity index (χ1v) is 14.8. The number of benzene rings is 1. The smallest absolute Gasteiger partial charge is 0.291 e. The molecule has 2 bridgehead atoms. The van der Waals surface area contributed by atoms with E-state index in [2.05, 4.69) is 47.3 Å². The Labute approximate surface area is 245 Å². The van der Waals surface area contributed by atoms with Crippen molar-refractivity contribution < 1.29 is 17.3 Å². The van der Waals surface area contributed by atoms with E-state index >= 15 is 0 Å². The number of ether oxygens (including phenoxy) is 2. The molecule has 2 N–H and O–H groups in total. The summed E-state index contributed by atoms with van der Waals surface area (Å²) < 4.78 is 17.9. The van der Waals surface area contributed by atoms with Crippen LogP contribution < -0.4 is 5.32 Å². The number of carbonyl (C=O) groups excluding carboxylic acids is 1. The molecule has 3 atom stereocenters. The first kappa shape index (κ1) is 29.7. The molecule has 8 nitrogen and oxygen atoms in total. The summed E-state index contributed by atoms with van der Waals surface area (Å²) >= 11 is 1.97. The number of H-pyrrole nitrogens is 1. The van der Waals surface area contributed by atoms with Crippen LogP contribution in [0.5, 0.6) is 0 Å². The molecule has 2 aromatic rings. The largest absolute Gasteiger partial charge is 0.382 e. The van der Waals surface area contributed by atoms with Gasteiger partial charge in [-0.05, 0) is 74.1 Å². The number of anilines is 1. The number of unbranched alkanes of at least 4 members (excludes halogenated alkanes) is 2. The molecule has 0 aliphatic carbocycles. The topological polar surface area (TPSA) is 109 Å². The minimum absolute atomic E-state index is 0.123. The van der Waals surface area contributed by atoms with Gasteiger partial charge in [-0.15, -0.1) is 0 Å². The Bertz CT molecular complexity index is 1200. The molecule has 1 aromatic heterocycles. The number of imidazole rings is 1. The molecule has 2 aliphatic heterocycles. The summed E-state index contributed by atoms with van der Waals surface area (Å²) in [7, 11) is 1.74. The predicted molar refractivity (Wildman–Crippen MR) is 160 cm³/mol. The molecule has 4 rings (SSSR count). The lowest BCUT2D eigenvalue weighted by atomic mass is 9.79. The van der Waals surface area contributed by atoms with E-state index in [0.29, 0.717) is 13.2 Å². The van der Waals surface area contributed by atoms with E-state index in [-0.39, 0.29) is 34.5 Å². The molecule has 3 heterocycles. The Balaban J connectivity index is 1.72. The summed E-state index contributed by atoms with van der Waals surface area (Å²) in [5, 5.41) is 12.2. The SMILES string of the molecule is CCC/C=C(\CCCC)c1cc([C@@H]2C[C@@]3(COC)CC[C@@](COI)(C2)O3)ccc1NC(=O)c1ncc(C#N)[nH]1. The van der Waals surface area contributed by atoms with E-state index < -0.39 is 0 Å². The van der Waals surface area contributed by atoms with E-state index in [0.717, 1.165) is 69.0 Å². The van der Waals surface area contributed by atoms with Gasteiger partial charge in [0, 0.05) is 18.4 Å². The highest BCUT2D eigenvalue weighted by Crippen LogP contribution is 2.54. The summed E-state index contributed by atoms with van der Waals surface area (Å²) in [6.45, 7) is 5.50. The molecule has 210 valence electrons. The van der Waals surface area contributed by atoms with Crippen molar-refractivity contribution in [3.8, 4) is 6.07 Å². The number of hydrogen-bond donors (Lipinski definition) is 2. The number of amides is 1. The number of hydrogen-bond acceptors (Lipinski definition) is 6. The third kappa shape index (κ3) is 6.91. The molecule has 1 amide bonds. The maximum atomic E-state index is 13.1. The summed E-state index contributed by atoms with van der Waals surface area (Å²) in [6.07, 6.45) is 12.5. The Morgan fingerprint density at radius 3 is 2.69 bits per heavy atom. The van der Waals surface area contributed by atoms with Crippen LogP contribution in [0.25, 0.3) is 5.57 Å². The Kier molecular flexibility index (Phi) is 10.2. The van der Waals surface area contributed by atoms with Gasteiger partial charge in [0.05, 0.1) is 30.6 Å². The number of allylic oxidation sites excluding steroid dienone is 2. The second-order valence-corrected chi connectivity index (χ2v) is 11.5. The van der Waals surface area contributed by atoms with Gasteiger partial charge in [-0.3, -0.25) is 4.79 Å². The molecule has 0 saturated carbocycles. The van der Waals surface area contributed by atoms with Crippen molar-refractivity contribution in [2.45, 2.75) is 88.8 Å². The number of fused-ring (bicyclic) bond motifs is 2. The van der Waals surface area contributed by atoms with Crippen LogP contribution in [-0.4, -0.2) is 47.4 Å². The average molecular weight is 647 g/mol. The number of methoxy groups -OCH3 is 1. The second-order valence-electron chi connectivity index (χ2n) is 10.9. The van der Waals surface area contributed by atoms with Gasteiger partial charge in [-0.2, -0.15) is 5.26 Å². The second kappa shape index (κ2) is 13.4. The normalized spacial score (nSPS) is 24.5. The summed E-state index contributed by atoms with van der Waals surface area (Å²) in [5.74, 6) is 0.0444.